The van der Waals surface area contributed by atoms with Gasteiger partial charge in [-0.25, -0.2) is 9.97 Å². The third kappa shape index (κ3) is 6.77. The number of benzene rings is 1. The van der Waals surface area contributed by atoms with Crippen molar-refractivity contribution in [1.82, 2.24) is 35.1 Å². The lowest BCUT2D eigenvalue weighted by molar-refractivity contribution is 0.126. The minimum atomic E-state index is -0.187. The molecular weight excluding hydrogens is 514 g/mol. The van der Waals surface area contributed by atoms with Crippen molar-refractivity contribution in [2.75, 3.05) is 36.9 Å². The summed E-state index contributed by atoms with van der Waals surface area (Å²) >= 11 is 1.46. The fourth-order valence-corrected chi connectivity index (χ4v) is 5.74. The summed E-state index contributed by atoms with van der Waals surface area (Å²) in [5.74, 6) is 2.10. The molecule has 12 heteroatoms. The second-order valence-corrected chi connectivity index (χ2v) is 11.1. The van der Waals surface area contributed by atoms with Crippen LogP contribution in [0, 0.1) is 0 Å². The monoisotopic (exact) mass is 547 g/mol. The minimum Gasteiger partial charge on any atom is -0.393 e. The third-order valence-corrected chi connectivity index (χ3v) is 7.93. The van der Waals surface area contributed by atoms with E-state index in [2.05, 4.69) is 48.1 Å². The van der Waals surface area contributed by atoms with Gasteiger partial charge in [-0.15, -0.1) is 15.0 Å². The van der Waals surface area contributed by atoms with Gasteiger partial charge in [-0.1, -0.05) is 29.5 Å². The third-order valence-electron chi connectivity index (χ3n) is 7.02. The van der Waals surface area contributed by atoms with Gasteiger partial charge < -0.3 is 20.5 Å². The summed E-state index contributed by atoms with van der Waals surface area (Å²) in [7, 11) is 0. The van der Waals surface area contributed by atoms with Crippen LogP contribution in [-0.4, -0.2) is 78.6 Å². The van der Waals surface area contributed by atoms with E-state index >= 15 is 0 Å². The standard InChI is InChI=1S/C27H33N9O2S/c37-22-9-7-20(8-10-22)29-24-15-19(18-35-11-4-13-38-14-12-35)16-25(30-24)31-27-28-17-23(39-27)26-32-34-36(33-26)21-5-2-1-3-6-21/h1-3,5-6,15-17,20,22,37H,4,7-14,18H2,(H2,28,29,30,31). The molecule has 2 aliphatic rings. The molecule has 3 aromatic heterocycles. The van der Waals surface area contributed by atoms with Gasteiger partial charge in [0.05, 0.1) is 29.5 Å². The summed E-state index contributed by atoms with van der Waals surface area (Å²) in [4.78, 5) is 14.2. The van der Waals surface area contributed by atoms with E-state index in [4.69, 9.17) is 9.72 Å². The maximum absolute atomic E-state index is 9.91. The number of hydrogen-bond donors (Lipinski definition) is 3. The molecule has 2 fully saturated rings. The summed E-state index contributed by atoms with van der Waals surface area (Å²) in [5, 5.41) is 30.6. The smallest absolute Gasteiger partial charge is 0.216 e. The zero-order valence-corrected chi connectivity index (χ0v) is 22.6. The molecule has 6 rings (SSSR count). The second kappa shape index (κ2) is 12.2. The van der Waals surface area contributed by atoms with Crippen LogP contribution in [0.25, 0.3) is 16.4 Å². The Morgan fingerprint density at radius 3 is 2.74 bits per heavy atom. The van der Waals surface area contributed by atoms with E-state index in [1.165, 1.54) is 21.7 Å². The first kappa shape index (κ1) is 25.8. The van der Waals surface area contributed by atoms with Gasteiger partial charge in [-0.05, 0) is 67.1 Å². The number of aromatic nitrogens is 6. The fourth-order valence-electron chi connectivity index (χ4n) is 4.99. The van der Waals surface area contributed by atoms with Gasteiger partial charge >= 0.3 is 0 Å². The van der Waals surface area contributed by atoms with Crippen LogP contribution in [0.15, 0.2) is 48.7 Å². The molecule has 1 aromatic carbocycles. The molecule has 39 heavy (non-hydrogen) atoms. The number of hydrogen-bond acceptors (Lipinski definition) is 11. The number of aliphatic hydroxyl groups excluding tert-OH is 1. The van der Waals surface area contributed by atoms with Crippen LogP contribution in [0.4, 0.5) is 16.8 Å². The van der Waals surface area contributed by atoms with Crippen LogP contribution in [0.2, 0.25) is 0 Å². The molecule has 204 valence electrons. The number of ether oxygens (including phenoxy) is 1. The molecule has 0 atom stereocenters. The molecule has 1 saturated carbocycles. The summed E-state index contributed by atoms with van der Waals surface area (Å²) < 4.78 is 5.64. The Morgan fingerprint density at radius 1 is 1.03 bits per heavy atom. The maximum atomic E-state index is 9.91. The highest BCUT2D eigenvalue weighted by Gasteiger charge is 2.20. The number of pyridine rings is 1. The van der Waals surface area contributed by atoms with Gasteiger partial charge in [-0.2, -0.15) is 0 Å². The van der Waals surface area contributed by atoms with E-state index in [1.807, 2.05) is 30.3 Å². The molecule has 1 aliphatic heterocycles. The predicted molar refractivity (Wildman–Crippen MR) is 150 cm³/mol. The van der Waals surface area contributed by atoms with Gasteiger partial charge in [0.15, 0.2) is 5.13 Å². The molecule has 1 saturated heterocycles. The van der Waals surface area contributed by atoms with Crippen molar-refractivity contribution in [2.24, 2.45) is 0 Å². The molecular formula is C27H33N9O2S. The SMILES string of the molecule is OC1CCC(Nc2cc(CN3CCCOCC3)cc(Nc3ncc(-c4nnn(-c5ccccc5)n4)s3)n2)CC1. The van der Waals surface area contributed by atoms with Crippen LogP contribution >= 0.6 is 11.3 Å². The van der Waals surface area contributed by atoms with Crippen LogP contribution in [0.5, 0.6) is 0 Å². The zero-order valence-electron chi connectivity index (χ0n) is 21.7. The number of anilines is 3. The van der Waals surface area contributed by atoms with Gasteiger partial charge in [0.1, 0.15) is 11.6 Å². The quantitative estimate of drug-likeness (QED) is 0.299. The Labute approximate surface area is 231 Å². The zero-order chi connectivity index (χ0) is 26.4. The lowest BCUT2D eigenvalue weighted by Crippen LogP contribution is -2.29. The summed E-state index contributed by atoms with van der Waals surface area (Å²) in [6.07, 6.45) is 6.12. The number of nitrogens with zero attached hydrogens (tertiary/aromatic N) is 7. The van der Waals surface area contributed by atoms with E-state index in [0.717, 1.165) is 87.2 Å². The van der Waals surface area contributed by atoms with Crippen molar-refractivity contribution in [3.63, 3.8) is 0 Å². The van der Waals surface area contributed by atoms with E-state index in [0.29, 0.717) is 17.0 Å². The lowest BCUT2D eigenvalue weighted by Gasteiger charge is -2.27. The highest BCUT2D eigenvalue weighted by molar-refractivity contribution is 7.18. The number of tetrazole rings is 1. The normalized spacial score (nSPS) is 20.4. The van der Waals surface area contributed by atoms with Crippen molar-refractivity contribution >= 4 is 28.1 Å². The summed E-state index contributed by atoms with van der Waals surface area (Å²) in [6.45, 7) is 4.34. The van der Waals surface area contributed by atoms with Crippen LogP contribution in [-0.2, 0) is 11.3 Å². The van der Waals surface area contributed by atoms with Gasteiger partial charge in [0.2, 0.25) is 5.82 Å². The van der Waals surface area contributed by atoms with E-state index in [-0.39, 0.29) is 6.10 Å². The number of rotatable bonds is 8. The summed E-state index contributed by atoms with van der Waals surface area (Å²) in [5.41, 5.74) is 2.03. The highest BCUT2D eigenvalue weighted by atomic mass is 32.1. The highest BCUT2D eigenvalue weighted by Crippen LogP contribution is 2.30. The number of aliphatic hydroxyl groups is 1. The molecule has 11 nitrogen and oxygen atoms in total. The van der Waals surface area contributed by atoms with Crippen molar-refractivity contribution in [3.8, 4) is 16.4 Å². The molecule has 0 amide bonds. The average molecular weight is 548 g/mol. The number of para-hydroxylation sites is 1. The van der Waals surface area contributed by atoms with Crippen LogP contribution in [0.3, 0.4) is 0 Å². The summed E-state index contributed by atoms with van der Waals surface area (Å²) in [6, 6.07) is 14.2. The van der Waals surface area contributed by atoms with Crippen molar-refractivity contribution < 1.29 is 9.84 Å². The van der Waals surface area contributed by atoms with Gasteiger partial charge in [0.25, 0.3) is 0 Å². The van der Waals surface area contributed by atoms with E-state index in [9.17, 15) is 5.11 Å². The second-order valence-electron chi connectivity index (χ2n) is 10.0. The van der Waals surface area contributed by atoms with Crippen molar-refractivity contribution in [1.29, 1.82) is 0 Å². The average Bonchev–Trinajstić information content (AvgIpc) is 3.55. The van der Waals surface area contributed by atoms with Crippen molar-refractivity contribution in [3.05, 3.63) is 54.2 Å². The molecule has 3 N–H and O–H groups in total. The van der Waals surface area contributed by atoms with Gasteiger partial charge in [-0.3, -0.25) is 4.90 Å². The lowest BCUT2D eigenvalue weighted by atomic mass is 9.93. The molecule has 1 aliphatic carbocycles. The Bertz CT molecular complexity index is 1350. The number of thiazole rings is 1. The first-order valence-corrected chi connectivity index (χ1v) is 14.3. The first-order chi connectivity index (χ1) is 19.2. The van der Waals surface area contributed by atoms with Gasteiger partial charge in [0, 0.05) is 32.3 Å². The first-order valence-electron chi connectivity index (χ1n) is 13.5. The Kier molecular flexibility index (Phi) is 8.05. The van der Waals surface area contributed by atoms with Crippen LogP contribution in [0.1, 0.15) is 37.7 Å². The maximum Gasteiger partial charge on any atom is 0.216 e. The van der Waals surface area contributed by atoms with E-state index in [1.54, 1.807) is 6.20 Å². The Morgan fingerprint density at radius 2 is 1.87 bits per heavy atom. The van der Waals surface area contributed by atoms with Crippen molar-refractivity contribution in [2.45, 2.75) is 50.8 Å². The Hall–Kier alpha value is -3.45. The van der Waals surface area contributed by atoms with E-state index < -0.39 is 0 Å². The number of nitrogens with one attached hydrogen (secondary N) is 2. The minimum absolute atomic E-state index is 0.187. The molecule has 4 aromatic rings. The Balaban J connectivity index is 1.20. The molecule has 4 heterocycles. The molecule has 0 spiro atoms. The fraction of sp³-hybridized carbons (Fsp3) is 0.444. The molecule has 0 radical (unpaired) electrons. The topological polar surface area (TPSA) is 126 Å². The largest absolute Gasteiger partial charge is 0.393 e. The van der Waals surface area contributed by atoms with Crippen LogP contribution < -0.4 is 10.6 Å². The molecule has 0 bridgehead atoms. The molecule has 0 unspecified atom stereocenters. The predicted octanol–water partition coefficient (Wildman–Crippen LogP) is 3.86.